The van der Waals surface area contributed by atoms with Crippen molar-refractivity contribution in [2.45, 2.75) is 124 Å². The normalized spacial score (nSPS) is 15.3. The van der Waals surface area contributed by atoms with Crippen LogP contribution in [0.4, 0.5) is 0 Å². The van der Waals surface area contributed by atoms with Gasteiger partial charge in [-0.15, -0.1) is 0 Å². The van der Waals surface area contributed by atoms with Crippen molar-refractivity contribution in [1.82, 2.24) is 26.6 Å². The molecule has 2 aromatic carbocycles. The Morgan fingerprint density at radius 2 is 1.13 bits per heavy atom. The summed E-state index contributed by atoms with van der Waals surface area (Å²) in [6.07, 6.45) is -0.806. The second-order valence-corrected chi connectivity index (χ2v) is 15.2. The van der Waals surface area contributed by atoms with E-state index < -0.39 is 78.2 Å². The van der Waals surface area contributed by atoms with E-state index in [4.69, 9.17) is 0 Å². The average molecular weight is 752 g/mol. The molecule has 0 aliphatic heterocycles. The summed E-state index contributed by atoms with van der Waals surface area (Å²) >= 11 is 0. The first-order valence-electron chi connectivity index (χ1n) is 18.9. The highest BCUT2D eigenvalue weighted by molar-refractivity contribution is 5.93. The first-order valence-corrected chi connectivity index (χ1v) is 18.9. The molecule has 0 spiro atoms. The van der Waals surface area contributed by atoms with Gasteiger partial charge in [-0.3, -0.25) is 24.0 Å². The summed E-state index contributed by atoms with van der Waals surface area (Å²) in [7, 11) is 0. The second-order valence-electron chi connectivity index (χ2n) is 15.2. The zero-order valence-corrected chi connectivity index (χ0v) is 32.9. The Hall–Kier alpha value is -4.78. The van der Waals surface area contributed by atoms with Crippen molar-refractivity contribution in [3.05, 3.63) is 71.8 Å². The van der Waals surface area contributed by atoms with E-state index in [0.717, 1.165) is 11.1 Å². The van der Waals surface area contributed by atoms with E-state index in [-0.39, 0.29) is 36.5 Å². The number of nitrogens with one attached hydrogen (secondary N) is 5. The number of carbonyl (C=O) groups is 6. The lowest BCUT2D eigenvalue weighted by Gasteiger charge is -2.30. The molecule has 0 radical (unpaired) electrons. The summed E-state index contributed by atoms with van der Waals surface area (Å²) < 4.78 is 0. The molecule has 0 bridgehead atoms. The Morgan fingerprint density at radius 1 is 0.611 bits per heavy atom. The topological polar surface area (TPSA) is 203 Å². The molecule has 2 unspecified atom stereocenters. The molecule has 0 aliphatic carbocycles. The highest BCUT2D eigenvalue weighted by Crippen LogP contribution is 2.15. The Kier molecular flexibility index (Phi) is 18.9. The maximum atomic E-state index is 13.9. The molecule has 54 heavy (non-hydrogen) atoms. The third kappa shape index (κ3) is 15.3. The molecule has 7 atom stereocenters. The third-order valence-corrected chi connectivity index (χ3v) is 9.34. The SMILES string of the molecule is CC[C@H](C)[C@H](NC(=O)C[C@H](O)[C@H](Cc1ccccc1)NC(=O)C(NC(=O)[C@H](CC(C)C)NC(=O)Cc1ccccc1)C(C)C)C(=O)NC(C(=O)O)C(C)C. The molecule has 298 valence electrons. The van der Waals surface area contributed by atoms with Gasteiger partial charge < -0.3 is 36.8 Å². The van der Waals surface area contributed by atoms with E-state index in [1.165, 1.54) is 0 Å². The van der Waals surface area contributed by atoms with Crippen LogP contribution in [-0.2, 0) is 41.6 Å². The number of carboxylic acids is 1. The third-order valence-electron chi connectivity index (χ3n) is 9.34. The van der Waals surface area contributed by atoms with Gasteiger partial charge in [0.1, 0.15) is 24.2 Å². The molecule has 13 heteroatoms. The first-order chi connectivity index (χ1) is 25.4. The quantitative estimate of drug-likeness (QED) is 0.0951. The van der Waals surface area contributed by atoms with E-state index in [0.29, 0.717) is 12.8 Å². The van der Waals surface area contributed by atoms with Crippen LogP contribution in [0.25, 0.3) is 0 Å². The number of hydrogen-bond acceptors (Lipinski definition) is 7. The molecule has 0 aromatic heterocycles. The molecule has 0 fully saturated rings. The van der Waals surface area contributed by atoms with Gasteiger partial charge in [0.25, 0.3) is 0 Å². The first kappa shape index (κ1) is 45.4. The highest BCUT2D eigenvalue weighted by Gasteiger charge is 2.35. The highest BCUT2D eigenvalue weighted by atomic mass is 16.4. The van der Waals surface area contributed by atoms with E-state index in [9.17, 15) is 39.0 Å². The van der Waals surface area contributed by atoms with Crippen LogP contribution in [0.15, 0.2) is 60.7 Å². The smallest absolute Gasteiger partial charge is 0.326 e. The largest absolute Gasteiger partial charge is 0.480 e. The van der Waals surface area contributed by atoms with Crippen LogP contribution in [0.3, 0.4) is 0 Å². The van der Waals surface area contributed by atoms with Crippen LogP contribution >= 0.6 is 0 Å². The summed E-state index contributed by atoms with van der Waals surface area (Å²) in [6.45, 7) is 14.3. The van der Waals surface area contributed by atoms with Gasteiger partial charge in [0.2, 0.25) is 29.5 Å². The van der Waals surface area contributed by atoms with Crippen LogP contribution in [0, 0.1) is 23.7 Å². The van der Waals surface area contributed by atoms with Gasteiger partial charge in [0.15, 0.2) is 0 Å². The summed E-state index contributed by atoms with van der Waals surface area (Å²) in [6, 6.07) is 13.1. The number of amides is 5. The Balaban J connectivity index is 2.25. The molecule has 2 aromatic rings. The van der Waals surface area contributed by atoms with Crippen molar-refractivity contribution >= 4 is 35.5 Å². The van der Waals surface area contributed by atoms with Crippen LogP contribution in [0.2, 0.25) is 0 Å². The van der Waals surface area contributed by atoms with Crippen LogP contribution < -0.4 is 26.6 Å². The number of aliphatic carboxylic acids is 1. The summed E-state index contributed by atoms with van der Waals surface area (Å²) in [5.74, 6) is -5.02. The molecule has 2 rings (SSSR count). The molecule has 5 amide bonds. The molecular weight excluding hydrogens is 690 g/mol. The lowest BCUT2D eigenvalue weighted by molar-refractivity contribution is -0.143. The number of carbonyl (C=O) groups excluding carboxylic acids is 5. The van der Waals surface area contributed by atoms with Crippen LogP contribution in [0.1, 0.15) is 85.8 Å². The fourth-order valence-corrected chi connectivity index (χ4v) is 5.97. The van der Waals surface area contributed by atoms with E-state index in [2.05, 4.69) is 26.6 Å². The lowest BCUT2D eigenvalue weighted by atomic mass is 9.95. The molecule has 13 nitrogen and oxygen atoms in total. The zero-order valence-electron chi connectivity index (χ0n) is 32.9. The summed E-state index contributed by atoms with van der Waals surface area (Å²) in [5.41, 5.74) is 1.57. The Morgan fingerprint density at radius 3 is 1.63 bits per heavy atom. The summed E-state index contributed by atoms with van der Waals surface area (Å²) in [4.78, 5) is 78.8. The summed E-state index contributed by atoms with van der Waals surface area (Å²) in [5, 5.41) is 34.7. The molecule has 0 heterocycles. The van der Waals surface area contributed by atoms with Gasteiger partial charge in [-0.25, -0.2) is 4.79 Å². The Bertz CT molecular complexity index is 1520. The van der Waals surface area contributed by atoms with E-state index in [1.807, 2.05) is 81.4 Å². The maximum Gasteiger partial charge on any atom is 0.326 e. The maximum absolute atomic E-state index is 13.9. The average Bonchev–Trinajstić information content (AvgIpc) is 3.10. The predicted octanol–water partition coefficient (Wildman–Crippen LogP) is 3.14. The molecule has 7 N–H and O–H groups in total. The monoisotopic (exact) mass is 751 g/mol. The fraction of sp³-hybridized carbons (Fsp3) is 0.561. The Labute approximate surface area is 319 Å². The fourth-order valence-electron chi connectivity index (χ4n) is 5.97. The zero-order chi connectivity index (χ0) is 40.5. The predicted molar refractivity (Wildman–Crippen MR) is 207 cm³/mol. The number of rotatable bonds is 22. The number of benzene rings is 2. The molecule has 0 saturated heterocycles. The van der Waals surface area contributed by atoms with Crippen molar-refractivity contribution in [2.75, 3.05) is 0 Å². The molecular formula is C41H61N5O8. The van der Waals surface area contributed by atoms with Crippen LogP contribution in [-0.4, -0.2) is 82.0 Å². The van der Waals surface area contributed by atoms with Crippen molar-refractivity contribution in [1.29, 1.82) is 0 Å². The second kappa shape index (κ2) is 22.4. The number of aliphatic hydroxyl groups excluding tert-OH is 1. The van der Waals surface area contributed by atoms with Crippen molar-refractivity contribution in [3.63, 3.8) is 0 Å². The van der Waals surface area contributed by atoms with Crippen LogP contribution in [0.5, 0.6) is 0 Å². The minimum absolute atomic E-state index is 0.0560. The van der Waals surface area contributed by atoms with Crippen molar-refractivity contribution < 1.29 is 39.0 Å². The van der Waals surface area contributed by atoms with Crippen molar-refractivity contribution in [2.24, 2.45) is 23.7 Å². The minimum atomic E-state index is -1.41. The van der Waals surface area contributed by atoms with Crippen molar-refractivity contribution in [3.8, 4) is 0 Å². The number of hydrogen-bond donors (Lipinski definition) is 7. The van der Waals surface area contributed by atoms with Gasteiger partial charge in [-0.05, 0) is 47.6 Å². The lowest BCUT2D eigenvalue weighted by Crippen LogP contribution is -2.59. The molecule has 0 aliphatic rings. The minimum Gasteiger partial charge on any atom is -0.480 e. The van der Waals surface area contributed by atoms with E-state index >= 15 is 0 Å². The van der Waals surface area contributed by atoms with Gasteiger partial charge in [-0.2, -0.15) is 0 Å². The van der Waals surface area contributed by atoms with Gasteiger partial charge >= 0.3 is 5.97 Å². The van der Waals surface area contributed by atoms with Gasteiger partial charge in [0, 0.05) is 0 Å². The van der Waals surface area contributed by atoms with E-state index in [1.54, 1.807) is 34.6 Å². The van der Waals surface area contributed by atoms with Gasteiger partial charge in [0.05, 0.1) is 25.0 Å². The van der Waals surface area contributed by atoms with Gasteiger partial charge in [-0.1, -0.05) is 122 Å². The molecule has 0 saturated carbocycles. The number of carboxylic acid groups (broad SMARTS) is 1. The number of aliphatic hydroxyl groups is 1. The standard InChI is InChI=1S/C41H61N5O8/c1-9-27(8)37(40(52)46-36(26(6)7)41(53)54)44-34(49)23-32(47)30(21-28-16-12-10-13-17-28)43-39(51)35(25(4)5)45-38(50)31(20-24(2)3)42-33(48)22-29-18-14-11-15-19-29/h10-19,24-27,30-32,35-37,47H,9,20-23H2,1-8H3,(H,42,48)(H,43,51)(H,44,49)(H,45,50)(H,46,52)(H,53,54)/t27-,30-,31-,32-,35?,36?,37-/m0/s1.